The van der Waals surface area contributed by atoms with Crippen LogP contribution in [0, 0.1) is 5.92 Å². The molecule has 1 saturated heterocycles. The second-order valence-electron chi connectivity index (χ2n) is 8.02. The van der Waals surface area contributed by atoms with Gasteiger partial charge in [0.15, 0.2) is 0 Å². The van der Waals surface area contributed by atoms with E-state index in [1.807, 2.05) is 24.3 Å². The van der Waals surface area contributed by atoms with E-state index in [1.165, 1.54) is 22.5 Å². The number of amides is 1. The molecule has 31 heavy (non-hydrogen) atoms. The highest BCUT2D eigenvalue weighted by Crippen LogP contribution is 2.34. The third-order valence-electron chi connectivity index (χ3n) is 5.32. The molecule has 0 atom stereocenters. The summed E-state index contributed by atoms with van der Waals surface area (Å²) in [6.45, 7) is 4.31. The third-order valence-corrected chi connectivity index (χ3v) is 9.18. The van der Waals surface area contributed by atoms with Gasteiger partial charge in [0.2, 0.25) is 15.9 Å². The summed E-state index contributed by atoms with van der Waals surface area (Å²) in [7, 11) is -6.02. The normalized spacial score (nSPS) is 16.3. The van der Waals surface area contributed by atoms with Gasteiger partial charge in [-0.25, -0.2) is 8.42 Å². The molecule has 0 radical (unpaired) electrons. The van der Waals surface area contributed by atoms with Crippen molar-refractivity contribution in [2.24, 2.45) is 5.92 Å². The molecule has 2 aromatic carbocycles. The molecule has 1 fully saturated rings. The van der Waals surface area contributed by atoms with E-state index < -0.39 is 17.2 Å². The van der Waals surface area contributed by atoms with Crippen LogP contribution in [0.3, 0.4) is 0 Å². The van der Waals surface area contributed by atoms with Crippen molar-refractivity contribution in [1.82, 2.24) is 9.62 Å². The van der Waals surface area contributed by atoms with Gasteiger partial charge in [0.05, 0.1) is 4.90 Å². The monoisotopic (exact) mass is 502 g/mol. The van der Waals surface area contributed by atoms with Crippen molar-refractivity contribution >= 4 is 51.6 Å². The predicted molar refractivity (Wildman–Crippen MR) is 125 cm³/mol. The summed E-state index contributed by atoms with van der Waals surface area (Å²) in [6, 6.07) is 11.6. The molecule has 1 heterocycles. The Hall–Kier alpha value is -1.37. The summed E-state index contributed by atoms with van der Waals surface area (Å²) >= 11 is 11.9. The standard InChI is InChI=1S/C21H25Cl2N2O4PS/c1-30(2,27)19-5-3-15(4-6-19)14-24-21(26)16-7-9-25(10-8-16)31(28,29)20-12-17(22)11-18(23)13-20/h3-6,11-13,16H,7-10,14H2,1-2H3,(H,24,26). The summed E-state index contributed by atoms with van der Waals surface area (Å²) < 4.78 is 39.2. The van der Waals surface area contributed by atoms with Gasteiger partial charge in [0, 0.05) is 40.9 Å². The molecule has 0 unspecified atom stereocenters. The minimum Gasteiger partial charge on any atom is -0.352 e. The Morgan fingerprint density at radius 2 is 1.61 bits per heavy atom. The molecular formula is C21H25Cl2N2O4PS. The fourth-order valence-corrected chi connectivity index (χ4v) is 6.56. The number of rotatable bonds is 6. The molecule has 1 aliphatic heterocycles. The van der Waals surface area contributed by atoms with Crippen LogP contribution in [0.1, 0.15) is 18.4 Å². The molecule has 1 amide bonds. The lowest BCUT2D eigenvalue weighted by Gasteiger charge is -2.30. The van der Waals surface area contributed by atoms with Crippen molar-refractivity contribution in [3.63, 3.8) is 0 Å². The number of nitrogens with zero attached hydrogens (tertiary/aromatic N) is 1. The SMILES string of the molecule is CP(C)(=O)c1ccc(CNC(=O)C2CCN(S(=O)(=O)c3cc(Cl)cc(Cl)c3)CC2)cc1. The summed E-state index contributed by atoms with van der Waals surface area (Å²) in [5.41, 5.74) is 0.920. The van der Waals surface area contributed by atoms with Crippen molar-refractivity contribution < 1.29 is 17.8 Å². The average molecular weight is 503 g/mol. The Bertz CT molecular complexity index is 1090. The molecule has 10 heteroatoms. The zero-order valence-corrected chi connectivity index (χ0v) is 20.6. The number of halogens is 2. The first-order valence-corrected chi connectivity index (χ1v) is 14.6. The Labute approximate surface area is 193 Å². The quantitative estimate of drug-likeness (QED) is 0.606. The van der Waals surface area contributed by atoms with E-state index in [0.717, 1.165) is 10.9 Å². The Balaban J connectivity index is 1.55. The number of hydrogen-bond acceptors (Lipinski definition) is 4. The van der Waals surface area contributed by atoms with Gasteiger partial charge < -0.3 is 9.88 Å². The van der Waals surface area contributed by atoms with Gasteiger partial charge in [0.1, 0.15) is 7.14 Å². The highest BCUT2D eigenvalue weighted by atomic mass is 35.5. The molecule has 168 valence electrons. The lowest BCUT2D eigenvalue weighted by atomic mass is 9.97. The van der Waals surface area contributed by atoms with Crippen LogP contribution in [-0.2, 0) is 25.9 Å². The van der Waals surface area contributed by atoms with E-state index in [1.54, 1.807) is 13.3 Å². The van der Waals surface area contributed by atoms with Crippen LogP contribution >= 0.6 is 30.3 Å². The van der Waals surface area contributed by atoms with Gasteiger partial charge in [-0.1, -0.05) is 47.5 Å². The first-order valence-electron chi connectivity index (χ1n) is 9.85. The van der Waals surface area contributed by atoms with Gasteiger partial charge in [-0.15, -0.1) is 0 Å². The van der Waals surface area contributed by atoms with Crippen molar-refractivity contribution in [3.05, 3.63) is 58.1 Å². The molecule has 6 nitrogen and oxygen atoms in total. The number of carbonyl (C=O) groups is 1. The molecule has 1 aliphatic rings. The molecule has 2 aromatic rings. The van der Waals surface area contributed by atoms with E-state index in [-0.39, 0.29) is 39.9 Å². The minimum atomic E-state index is -3.72. The summed E-state index contributed by atoms with van der Waals surface area (Å²) in [6.07, 6.45) is 0.875. The van der Waals surface area contributed by atoms with Crippen LogP contribution < -0.4 is 10.6 Å². The highest BCUT2D eigenvalue weighted by molar-refractivity contribution is 7.89. The molecule has 3 rings (SSSR count). The average Bonchev–Trinajstić information content (AvgIpc) is 2.71. The van der Waals surface area contributed by atoms with Gasteiger partial charge in [-0.2, -0.15) is 4.31 Å². The molecule has 0 aliphatic carbocycles. The molecule has 0 aromatic heterocycles. The predicted octanol–water partition coefficient (Wildman–Crippen LogP) is 3.96. The number of nitrogens with one attached hydrogen (secondary N) is 1. The van der Waals surface area contributed by atoms with Gasteiger partial charge >= 0.3 is 0 Å². The number of carbonyl (C=O) groups excluding carboxylic acids is 1. The lowest BCUT2D eigenvalue weighted by Crippen LogP contribution is -2.42. The second-order valence-corrected chi connectivity index (χ2v) is 14.0. The molecule has 0 bridgehead atoms. The van der Waals surface area contributed by atoms with Crippen molar-refractivity contribution in [2.45, 2.75) is 24.3 Å². The van der Waals surface area contributed by atoms with Crippen LogP contribution in [0.2, 0.25) is 10.0 Å². The third kappa shape index (κ3) is 6.11. The smallest absolute Gasteiger partial charge is 0.243 e. The topological polar surface area (TPSA) is 83.6 Å². The molecule has 0 saturated carbocycles. The summed E-state index contributed by atoms with van der Waals surface area (Å²) in [5, 5.41) is 4.24. The molecule has 0 spiro atoms. The van der Waals surface area contributed by atoms with Crippen LogP contribution in [0.25, 0.3) is 0 Å². The zero-order valence-electron chi connectivity index (χ0n) is 17.3. The molecular weight excluding hydrogens is 478 g/mol. The highest BCUT2D eigenvalue weighted by Gasteiger charge is 2.32. The van der Waals surface area contributed by atoms with E-state index in [0.29, 0.717) is 19.4 Å². The second kappa shape index (κ2) is 9.63. The van der Waals surface area contributed by atoms with Crippen LogP contribution in [-0.4, -0.2) is 45.0 Å². The van der Waals surface area contributed by atoms with Crippen LogP contribution in [0.15, 0.2) is 47.4 Å². The Morgan fingerprint density at radius 3 is 2.13 bits per heavy atom. The molecule has 1 N–H and O–H groups in total. The van der Waals surface area contributed by atoms with Crippen LogP contribution in [0.5, 0.6) is 0 Å². The van der Waals surface area contributed by atoms with E-state index in [9.17, 15) is 17.8 Å². The van der Waals surface area contributed by atoms with Gasteiger partial charge in [-0.05, 0) is 49.9 Å². The van der Waals surface area contributed by atoms with Gasteiger partial charge in [-0.3, -0.25) is 4.79 Å². The Morgan fingerprint density at radius 1 is 1.06 bits per heavy atom. The first-order chi connectivity index (χ1) is 14.5. The van der Waals surface area contributed by atoms with Gasteiger partial charge in [0.25, 0.3) is 0 Å². The minimum absolute atomic E-state index is 0.0556. The van der Waals surface area contributed by atoms with E-state index in [4.69, 9.17) is 23.2 Å². The first kappa shape index (κ1) is 24.3. The van der Waals surface area contributed by atoms with E-state index >= 15 is 0 Å². The zero-order chi connectivity index (χ0) is 22.8. The summed E-state index contributed by atoms with van der Waals surface area (Å²) in [4.78, 5) is 12.6. The van der Waals surface area contributed by atoms with Crippen LogP contribution in [0.4, 0.5) is 0 Å². The number of sulfonamides is 1. The maximum absolute atomic E-state index is 12.9. The lowest BCUT2D eigenvalue weighted by molar-refractivity contribution is -0.126. The summed E-state index contributed by atoms with van der Waals surface area (Å²) in [5.74, 6) is -0.344. The maximum Gasteiger partial charge on any atom is 0.243 e. The van der Waals surface area contributed by atoms with Crippen molar-refractivity contribution in [1.29, 1.82) is 0 Å². The number of hydrogen-bond donors (Lipinski definition) is 1. The largest absolute Gasteiger partial charge is 0.352 e. The fraction of sp³-hybridized carbons (Fsp3) is 0.381. The number of benzene rings is 2. The maximum atomic E-state index is 12.9. The Kier molecular flexibility index (Phi) is 7.54. The van der Waals surface area contributed by atoms with Crippen molar-refractivity contribution in [3.8, 4) is 0 Å². The number of piperidine rings is 1. The fourth-order valence-electron chi connectivity index (χ4n) is 3.49. The van der Waals surface area contributed by atoms with E-state index in [2.05, 4.69) is 5.32 Å². The van der Waals surface area contributed by atoms with Crippen molar-refractivity contribution in [2.75, 3.05) is 26.4 Å².